The predicted octanol–water partition coefficient (Wildman–Crippen LogP) is 2.07. The van der Waals surface area contributed by atoms with Crippen molar-refractivity contribution in [2.24, 2.45) is 0 Å². The van der Waals surface area contributed by atoms with E-state index in [2.05, 4.69) is 10.2 Å². The lowest BCUT2D eigenvalue weighted by Gasteiger charge is -2.33. The van der Waals surface area contributed by atoms with E-state index in [1.54, 1.807) is 11.9 Å². The van der Waals surface area contributed by atoms with Crippen molar-refractivity contribution in [3.05, 3.63) is 0 Å². The largest absolute Gasteiger partial charge is 0.444 e. The van der Waals surface area contributed by atoms with Crippen LogP contribution < -0.4 is 5.32 Å². The van der Waals surface area contributed by atoms with Crippen LogP contribution in [0.3, 0.4) is 0 Å². The number of amides is 1. The Morgan fingerprint density at radius 2 is 2.05 bits per heavy atom. The van der Waals surface area contributed by atoms with Crippen molar-refractivity contribution in [1.29, 1.82) is 0 Å². The van der Waals surface area contributed by atoms with Crippen molar-refractivity contribution in [2.75, 3.05) is 33.2 Å². The molecule has 2 unspecified atom stereocenters. The van der Waals surface area contributed by atoms with Gasteiger partial charge in [0.1, 0.15) is 5.60 Å². The average Bonchev–Trinajstić information content (AvgIpc) is 2.80. The van der Waals surface area contributed by atoms with Crippen LogP contribution >= 0.6 is 0 Å². The molecular weight excluding hydrogens is 266 g/mol. The summed E-state index contributed by atoms with van der Waals surface area (Å²) < 4.78 is 5.36. The number of fused-ring (bicyclic) bond motifs is 1. The molecule has 2 rings (SSSR count). The Kier molecular flexibility index (Phi) is 5.49. The van der Waals surface area contributed by atoms with E-state index >= 15 is 0 Å². The van der Waals surface area contributed by atoms with E-state index in [1.165, 1.54) is 38.8 Å². The number of hydrogen-bond acceptors (Lipinski definition) is 4. The van der Waals surface area contributed by atoms with Crippen LogP contribution in [-0.2, 0) is 4.74 Å². The van der Waals surface area contributed by atoms with E-state index in [-0.39, 0.29) is 6.09 Å². The smallest absolute Gasteiger partial charge is 0.410 e. The Labute approximate surface area is 129 Å². The fourth-order valence-corrected chi connectivity index (χ4v) is 3.33. The fourth-order valence-electron chi connectivity index (χ4n) is 3.33. The highest BCUT2D eigenvalue weighted by atomic mass is 16.6. The van der Waals surface area contributed by atoms with Gasteiger partial charge >= 0.3 is 6.09 Å². The molecule has 5 heteroatoms. The van der Waals surface area contributed by atoms with Crippen molar-refractivity contribution in [2.45, 2.75) is 64.1 Å². The molecule has 2 saturated heterocycles. The maximum atomic E-state index is 11.9. The van der Waals surface area contributed by atoms with Gasteiger partial charge < -0.3 is 15.0 Å². The van der Waals surface area contributed by atoms with Gasteiger partial charge in [-0.3, -0.25) is 4.90 Å². The van der Waals surface area contributed by atoms with Gasteiger partial charge in [0, 0.05) is 38.8 Å². The summed E-state index contributed by atoms with van der Waals surface area (Å²) in [5, 5.41) is 3.64. The SMILES string of the molecule is CN(CCNC1CCN2CCCCC12)C(=O)OC(C)(C)C. The van der Waals surface area contributed by atoms with Crippen LogP contribution in [0.15, 0.2) is 0 Å². The summed E-state index contributed by atoms with van der Waals surface area (Å²) in [6, 6.07) is 1.31. The minimum atomic E-state index is -0.424. The number of rotatable bonds is 4. The monoisotopic (exact) mass is 297 g/mol. The van der Waals surface area contributed by atoms with Gasteiger partial charge in [-0.15, -0.1) is 0 Å². The minimum Gasteiger partial charge on any atom is -0.444 e. The van der Waals surface area contributed by atoms with Crippen LogP contribution in [0.2, 0.25) is 0 Å². The summed E-state index contributed by atoms with van der Waals surface area (Å²) in [6.07, 6.45) is 5.03. The molecule has 0 bridgehead atoms. The zero-order chi connectivity index (χ0) is 15.5. The van der Waals surface area contributed by atoms with E-state index in [9.17, 15) is 4.79 Å². The Morgan fingerprint density at radius 3 is 2.76 bits per heavy atom. The molecule has 2 heterocycles. The van der Waals surface area contributed by atoms with Gasteiger partial charge in [0.25, 0.3) is 0 Å². The van der Waals surface area contributed by atoms with Crippen LogP contribution in [0.5, 0.6) is 0 Å². The van der Waals surface area contributed by atoms with E-state index in [1.807, 2.05) is 20.8 Å². The molecule has 5 nitrogen and oxygen atoms in total. The quantitative estimate of drug-likeness (QED) is 0.863. The van der Waals surface area contributed by atoms with Crippen molar-refractivity contribution in [1.82, 2.24) is 15.1 Å². The third-order valence-electron chi connectivity index (χ3n) is 4.41. The highest BCUT2D eigenvalue weighted by Crippen LogP contribution is 2.26. The molecule has 0 aromatic rings. The van der Waals surface area contributed by atoms with Gasteiger partial charge in [-0.05, 0) is 46.6 Å². The Balaban J connectivity index is 1.68. The van der Waals surface area contributed by atoms with E-state index in [0.29, 0.717) is 18.6 Å². The first-order valence-electron chi connectivity index (χ1n) is 8.28. The molecule has 1 N–H and O–H groups in total. The number of hydrogen-bond donors (Lipinski definition) is 1. The van der Waals surface area contributed by atoms with Gasteiger partial charge in [0.15, 0.2) is 0 Å². The molecule has 0 aromatic heterocycles. The van der Waals surface area contributed by atoms with E-state index in [0.717, 1.165) is 6.54 Å². The summed E-state index contributed by atoms with van der Waals surface area (Å²) in [4.78, 5) is 16.2. The molecule has 2 atom stereocenters. The predicted molar refractivity (Wildman–Crippen MR) is 84.5 cm³/mol. The molecule has 0 saturated carbocycles. The summed E-state index contributed by atoms with van der Waals surface area (Å²) in [5.74, 6) is 0. The van der Waals surface area contributed by atoms with Gasteiger partial charge in [-0.1, -0.05) is 6.42 Å². The van der Waals surface area contributed by atoms with Gasteiger partial charge in [-0.2, -0.15) is 0 Å². The van der Waals surface area contributed by atoms with Crippen LogP contribution in [-0.4, -0.2) is 66.8 Å². The van der Waals surface area contributed by atoms with Crippen LogP contribution in [0.4, 0.5) is 4.79 Å². The summed E-state index contributed by atoms with van der Waals surface area (Å²) in [6.45, 7) is 9.71. The standard InChI is InChI=1S/C16H31N3O2/c1-16(2,3)21-15(20)18(4)12-9-17-13-8-11-19-10-6-5-7-14(13)19/h13-14,17H,5-12H2,1-4H3. The molecule has 21 heavy (non-hydrogen) atoms. The topological polar surface area (TPSA) is 44.8 Å². The molecule has 0 aromatic carbocycles. The highest BCUT2D eigenvalue weighted by Gasteiger charge is 2.34. The second kappa shape index (κ2) is 6.97. The molecular formula is C16H31N3O2. The van der Waals surface area contributed by atoms with Crippen molar-refractivity contribution in [3.63, 3.8) is 0 Å². The number of nitrogens with zero attached hydrogens (tertiary/aromatic N) is 2. The van der Waals surface area contributed by atoms with Gasteiger partial charge in [0.05, 0.1) is 0 Å². The third-order valence-corrected chi connectivity index (χ3v) is 4.41. The lowest BCUT2D eigenvalue weighted by molar-refractivity contribution is 0.0298. The van der Waals surface area contributed by atoms with Crippen molar-refractivity contribution >= 4 is 6.09 Å². The summed E-state index contributed by atoms with van der Waals surface area (Å²) in [7, 11) is 1.80. The van der Waals surface area contributed by atoms with Crippen molar-refractivity contribution in [3.8, 4) is 0 Å². The number of carbonyl (C=O) groups excluding carboxylic acids is 1. The second-order valence-electron chi connectivity index (χ2n) is 7.35. The first-order valence-corrected chi connectivity index (χ1v) is 8.28. The molecule has 2 fully saturated rings. The van der Waals surface area contributed by atoms with Crippen molar-refractivity contribution < 1.29 is 9.53 Å². The number of ether oxygens (including phenoxy) is 1. The molecule has 2 aliphatic heterocycles. The number of likely N-dealkylation sites (N-methyl/N-ethyl adjacent to an activating group) is 1. The Morgan fingerprint density at radius 1 is 1.29 bits per heavy atom. The summed E-state index contributed by atoms with van der Waals surface area (Å²) in [5.41, 5.74) is -0.424. The molecule has 0 radical (unpaired) electrons. The third kappa shape index (κ3) is 4.85. The van der Waals surface area contributed by atoms with Gasteiger partial charge in [0.2, 0.25) is 0 Å². The molecule has 0 aliphatic carbocycles. The zero-order valence-corrected chi connectivity index (χ0v) is 14.0. The zero-order valence-electron chi connectivity index (χ0n) is 14.0. The maximum absolute atomic E-state index is 11.9. The molecule has 1 amide bonds. The summed E-state index contributed by atoms with van der Waals surface area (Å²) >= 11 is 0. The van der Waals surface area contributed by atoms with Crippen LogP contribution in [0.1, 0.15) is 46.5 Å². The number of piperidine rings is 1. The average molecular weight is 297 g/mol. The maximum Gasteiger partial charge on any atom is 0.410 e. The van der Waals surface area contributed by atoms with E-state index in [4.69, 9.17) is 4.74 Å². The van der Waals surface area contributed by atoms with Crippen LogP contribution in [0.25, 0.3) is 0 Å². The first kappa shape index (κ1) is 16.6. The van der Waals surface area contributed by atoms with E-state index < -0.39 is 5.60 Å². The Bertz CT molecular complexity index is 354. The normalized spacial score (nSPS) is 26.5. The molecule has 2 aliphatic rings. The van der Waals surface area contributed by atoms with Crippen LogP contribution in [0, 0.1) is 0 Å². The lowest BCUT2D eigenvalue weighted by Crippen LogP contribution is -2.47. The fraction of sp³-hybridized carbons (Fsp3) is 0.938. The minimum absolute atomic E-state index is 0.241. The van der Waals surface area contributed by atoms with Gasteiger partial charge in [-0.25, -0.2) is 4.79 Å². The molecule has 122 valence electrons. The lowest BCUT2D eigenvalue weighted by atomic mass is 9.99. The second-order valence-corrected chi connectivity index (χ2v) is 7.35. The number of nitrogens with one attached hydrogen (secondary N) is 1. The number of carbonyl (C=O) groups is 1. The molecule has 0 spiro atoms. The first-order chi connectivity index (χ1) is 9.87. The highest BCUT2D eigenvalue weighted by molar-refractivity contribution is 5.67. The Hall–Kier alpha value is -0.810.